The first kappa shape index (κ1) is 22.1. The third-order valence-corrected chi connectivity index (χ3v) is 6.73. The Kier molecular flexibility index (Phi) is 8.37. The third-order valence-electron chi connectivity index (χ3n) is 6.73. The van der Waals surface area contributed by atoms with Crippen molar-refractivity contribution in [3.63, 3.8) is 0 Å². The maximum absolute atomic E-state index is 4.52. The van der Waals surface area contributed by atoms with Crippen molar-refractivity contribution in [2.45, 2.75) is 64.6 Å². The molecule has 0 amide bonds. The molecule has 162 valence electrons. The Hall–Kier alpha value is -1.59. The van der Waals surface area contributed by atoms with Crippen LogP contribution in [0.2, 0.25) is 0 Å². The van der Waals surface area contributed by atoms with Gasteiger partial charge in [0, 0.05) is 38.8 Å². The maximum Gasteiger partial charge on any atom is 0.191 e. The molecule has 2 aliphatic rings. The summed E-state index contributed by atoms with van der Waals surface area (Å²) < 4.78 is 0. The van der Waals surface area contributed by atoms with Gasteiger partial charge in [-0.2, -0.15) is 0 Å². The van der Waals surface area contributed by atoms with Crippen molar-refractivity contribution in [2.24, 2.45) is 10.9 Å². The zero-order chi connectivity index (χ0) is 20.6. The lowest BCUT2D eigenvalue weighted by atomic mass is 9.95. The molecule has 1 atom stereocenters. The molecule has 1 aromatic carbocycles. The molecular formula is C24H41N5. The van der Waals surface area contributed by atoms with Gasteiger partial charge in [0.1, 0.15) is 0 Å². The predicted octanol–water partition coefficient (Wildman–Crippen LogP) is 3.50. The minimum atomic E-state index is 0.394. The molecule has 0 spiro atoms. The molecule has 5 heteroatoms. The normalized spacial score (nSPS) is 22.0. The summed E-state index contributed by atoms with van der Waals surface area (Å²) in [5, 5.41) is 7.32. The first-order valence-corrected chi connectivity index (χ1v) is 11.6. The number of aliphatic imine (C=N–C) groups is 1. The van der Waals surface area contributed by atoms with Crippen molar-refractivity contribution in [3.05, 3.63) is 35.9 Å². The highest BCUT2D eigenvalue weighted by Gasteiger charge is 2.26. The Morgan fingerprint density at radius 3 is 2.21 bits per heavy atom. The molecule has 1 unspecified atom stereocenters. The summed E-state index contributed by atoms with van der Waals surface area (Å²) in [4.78, 5) is 9.74. The molecule has 1 aromatic rings. The van der Waals surface area contributed by atoms with Crippen molar-refractivity contribution in [3.8, 4) is 0 Å². The summed E-state index contributed by atoms with van der Waals surface area (Å²) in [6.07, 6.45) is 4.96. The molecule has 2 heterocycles. The minimum Gasteiger partial charge on any atom is -0.354 e. The van der Waals surface area contributed by atoms with Gasteiger partial charge in [-0.1, -0.05) is 37.3 Å². The van der Waals surface area contributed by atoms with Gasteiger partial charge < -0.3 is 15.5 Å². The highest BCUT2D eigenvalue weighted by Crippen LogP contribution is 2.26. The second-order valence-corrected chi connectivity index (χ2v) is 9.15. The third kappa shape index (κ3) is 6.45. The van der Waals surface area contributed by atoms with Crippen LogP contribution in [-0.4, -0.2) is 67.6 Å². The molecule has 0 aliphatic carbocycles. The van der Waals surface area contributed by atoms with E-state index >= 15 is 0 Å². The number of nitrogens with zero attached hydrogens (tertiary/aromatic N) is 3. The number of hydrogen-bond acceptors (Lipinski definition) is 3. The van der Waals surface area contributed by atoms with Gasteiger partial charge in [-0.15, -0.1) is 0 Å². The average molecular weight is 400 g/mol. The summed E-state index contributed by atoms with van der Waals surface area (Å²) >= 11 is 0. The van der Waals surface area contributed by atoms with E-state index in [-0.39, 0.29) is 0 Å². The highest BCUT2D eigenvalue weighted by molar-refractivity contribution is 5.80. The van der Waals surface area contributed by atoms with E-state index in [1.807, 2.05) is 7.05 Å². The van der Waals surface area contributed by atoms with E-state index in [0.29, 0.717) is 18.1 Å². The number of guanidine groups is 1. The lowest BCUT2D eigenvalue weighted by Gasteiger charge is -2.38. The van der Waals surface area contributed by atoms with Gasteiger partial charge in [0.25, 0.3) is 0 Å². The second kappa shape index (κ2) is 11.0. The molecule has 29 heavy (non-hydrogen) atoms. The van der Waals surface area contributed by atoms with Crippen LogP contribution in [0.15, 0.2) is 35.3 Å². The van der Waals surface area contributed by atoms with E-state index in [4.69, 9.17) is 0 Å². The molecule has 2 N–H and O–H groups in total. The van der Waals surface area contributed by atoms with Crippen LogP contribution in [0.4, 0.5) is 0 Å². The van der Waals surface area contributed by atoms with Gasteiger partial charge in [-0.05, 0) is 64.1 Å². The van der Waals surface area contributed by atoms with Crippen molar-refractivity contribution < 1.29 is 0 Å². The van der Waals surface area contributed by atoms with E-state index in [9.17, 15) is 0 Å². The monoisotopic (exact) mass is 399 g/mol. The summed E-state index contributed by atoms with van der Waals surface area (Å²) in [6.45, 7) is 12.6. The van der Waals surface area contributed by atoms with Crippen molar-refractivity contribution in [1.29, 1.82) is 0 Å². The van der Waals surface area contributed by atoms with Crippen molar-refractivity contribution >= 4 is 5.96 Å². The van der Waals surface area contributed by atoms with E-state index in [1.54, 1.807) is 0 Å². The van der Waals surface area contributed by atoms with Crippen LogP contribution in [0.3, 0.4) is 0 Å². The van der Waals surface area contributed by atoms with Gasteiger partial charge in [-0.3, -0.25) is 9.89 Å². The zero-order valence-electron chi connectivity index (χ0n) is 18.9. The van der Waals surface area contributed by atoms with Gasteiger partial charge in [-0.25, -0.2) is 0 Å². The second-order valence-electron chi connectivity index (χ2n) is 9.15. The zero-order valence-corrected chi connectivity index (χ0v) is 18.9. The number of nitrogens with one attached hydrogen (secondary N) is 2. The molecule has 5 nitrogen and oxygen atoms in total. The molecule has 2 fully saturated rings. The fourth-order valence-electron chi connectivity index (χ4n) is 4.61. The molecule has 0 aromatic heterocycles. The smallest absolute Gasteiger partial charge is 0.191 e. The fourth-order valence-corrected chi connectivity index (χ4v) is 4.61. The fraction of sp³-hybridized carbons (Fsp3) is 0.708. The summed E-state index contributed by atoms with van der Waals surface area (Å²) in [7, 11) is 1.89. The van der Waals surface area contributed by atoms with Crippen LogP contribution in [0.5, 0.6) is 0 Å². The number of rotatable bonds is 6. The number of likely N-dealkylation sites (tertiary alicyclic amines) is 2. The van der Waals surface area contributed by atoms with Crippen LogP contribution in [-0.2, 0) is 0 Å². The first-order valence-electron chi connectivity index (χ1n) is 11.6. The Labute approximate surface area is 178 Å². The van der Waals surface area contributed by atoms with Gasteiger partial charge in [0.2, 0.25) is 0 Å². The molecule has 0 radical (unpaired) electrons. The van der Waals surface area contributed by atoms with E-state index in [2.05, 4.69) is 76.5 Å². The average Bonchev–Trinajstić information content (AvgIpc) is 2.75. The molecule has 3 rings (SSSR count). The Morgan fingerprint density at radius 2 is 1.62 bits per heavy atom. The van der Waals surface area contributed by atoms with Crippen molar-refractivity contribution in [1.82, 2.24) is 20.4 Å². The first-order chi connectivity index (χ1) is 14.1. The topological polar surface area (TPSA) is 42.9 Å². The number of piperidine rings is 2. The maximum atomic E-state index is 4.52. The molecule has 0 saturated carbocycles. The standard InChI is InChI=1S/C24H41N5/c1-19(2)28-16-12-22(13-17-28)27-24(25-4)26-18-23(21-8-6-5-7-9-21)29-14-10-20(3)11-15-29/h5-9,19-20,22-23H,10-18H2,1-4H3,(H2,25,26,27). The van der Waals surface area contributed by atoms with Crippen molar-refractivity contribution in [2.75, 3.05) is 39.8 Å². The van der Waals surface area contributed by atoms with E-state index in [0.717, 1.165) is 18.4 Å². The quantitative estimate of drug-likeness (QED) is 0.568. The largest absolute Gasteiger partial charge is 0.354 e. The van der Waals surface area contributed by atoms with Crippen LogP contribution in [0.25, 0.3) is 0 Å². The predicted molar refractivity (Wildman–Crippen MR) is 123 cm³/mol. The lowest BCUT2D eigenvalue weighted by molar-refractivity contribution is 0.138. The number of hydrogen-bond donors (Lipinski definition) is 2. The van der Waals surface area contributed by atoms with Crippen LogP contribution >= 0.6 is 0 Å². The van der Waals surface area contributed by atoms with Crippen LogP contribution in [0, 0.1) is 5.92 Å². The SMILES string of the molecule is CN=C(NCC(c1ccccc1)N1CCC(C)CC1)NC1CCN(C(C)C)CC1. The van der Waals surface area contributed by atoms with Crippen LogP contribution < -0.4 is 10.6 Å². The lowest BCUT2D eigenvalue weighted by Crippen LogP contribution is -2.51. The van der Waals surface area contributed by atoms with E-state index < -0.39 is 0 Å². The summed E-state index contributed by atoms with van der Waals surface area (Å²) in [6, 6.07) is 12.5. The highest BCUT2D eigenvalue weighted by atomic mass is 15.2. The number of benzene rings is 1. The Bertz CT molecular complexity index is 613. The van der Waals surface area contributed by atoms with Crippen LogP contribution in [0.1, 0.15) is 58.1 Å². The Balaban J connectivity index is 1.56. The molecule has 2 aliphatic heterocycles. The molecule has 2 saturated heterocycles. The minimum absolute atomic E-state index is 0.394. The van der Waals surface area contributed by atoms with Gasteiger partial charge in [0.05, 0.1) is 6.04 Å². The van der Waals surface area contributed by atoms with Gasteiger partial charge >= 0.3 is 0 Å². The van der Waals surface area contributed by atoms with E-state index in [1.165, 1.54) is 57.4 Å². The summed E-state index contributed by atoms with van der Waals surface area (Å²) in [5.74, 6) is 1.79. The Morgan fingerprint density at radius 1 is 1.00 bits per heavy atom. The molecule has 0 bridgehead atoms. The molecular weight excluding hydrogens is 358 g/mol. The summed E-state index contributed by atoms with van der Waals surface area (Å²) in [5.41, 5.74) is 1.40. The van der Waals surface area contributed by atoms with Gasteiger partial charge in [0.15, 0.2) is 5.96 Å².